The molecule has 1 aromatic carbocycles. The molecule has 0 spiro atoms. The van der Waals surface area contributed by atoms with Gasteiger partial charge in [-0.05, 0) is 24.1 Å². The molecular weight excluding hydrogens is 366 g/mol. The molecule has 0 aromatic heterocycles. The van der Waals surface area contributed by atoms with Gasteiger partial charge in [-0.2, -0.15) is 13.2 Å². The van der Waals surface area contributed by atoms with Gasteiger partial charge in [0.15, 0.2) is 5.96 Å². The maximum absolute atomic E-state index is 12.3. The summed E-state index contributed by atoms with van der Waals surface area (Å²) in [5.74, 6) is -0.272. The number of likely N-dealkylation sites (tertiary alicyclic amines) is 1. The van der Waals surface area contributed by atoms with Crippen LogP contribution in [0.15, 0.2) is 29.3 Å². The van der Waals surface area contributed by atoms with Crippen molar-refractivity contribution < 1.29 is 31.1 Å². The van der Waals surface area contributed by atoms with Gasteiger partial charge in [0.1, 0.15) is 5.75 Å². The third kappa shape index (κ3) is 7.38. The first-order chi connectivity index (χ1) is 12.0. The Kier molecular flexibility index (Phi) is 6.21. The van der Waals surface area contributed by atoms with Gasteiger partial charge in [-0.15, -0.1) is 13.2 Å². The zero-order chi connectivity index (χ0) is 19.4. The first-order valence-corrected chi connectivity index (χ1v) is 7.70. The van der Waals surface area contributed by atoms with E-state index in [0.717, 1.165) is 12.1 Å². The lowest BCUT2D eigenvalue weighted by Gasteiger charge is -2.18. The van der Waals surface area contributed by atoms with Gasteiger partial charge in [0.2, 0.25) is 0 Å². The fourth-order valence-corrected chi connectivity index (χ4v) is 2.58. The first-order valence-electron chi connectivity index (χ1n) is 7.70. The molecule has 11 heteroatoms. The lowest BCUT2D eigenvalue weighted by atomic mass is 10.2. The molecule has 1 aromatic rings. The van der Waals surface area contributed by atoms with Gasteiger partial charge in [-0.3, -0.25) is 4.90 Å². The molecule has 3 N–H and O–H groups in total. The molecule has 1 heterocycles. The van der Waals surface area contributed by atoms with E-state index in [4.69, 9.17) is 5.73 Å². The van der Waals surface area contributed by atoms with E-state index in [2.05, 4.69) is 15.0 Å². The number of hydrogen-bond donors (Lipinski definition) is 2. The van der Waals surface area contributed by atoms with Gasteiger partial charge >= 0.3 is 12.5 Å². The van der Waals surface area contributed by atoms with Crippen LogP contribution in [-0.4, -0.2) is 49.1 Å². The number of rotatable bonds is 5. The Labute approximate surface area is 145 Å². The van der Waals surface area contributed by atoms with Crippen molar-refractivity contribution in [1.29, 1.82) is 0 Å². The summed E-state index contributed by atoms with van der Waals surface area (Å²) in [5, 5.41) is 2.85. The summed E-state index contributed by atoms with van der Waals surface area (Å²) in [6.45, 7) is -0.330. The molecular formula is C15H18F6N4O. The summed E-state index contributed by atoms with van der Waals surface area (Å²) in [4.78, 5) is 5.32. The van der Waals surface area contributed by atoms with E-state index < -0.39 is 19.1 Å². The highest BCUT2D eigenvalue weighted by molar-refractivity contribution is 5.78. The Morgan fingerprint density at radius 3 is 2.42 bits per heavy atom. The summed E-state index contributed by atoms with van der Waals surface area (Å²) in [6.07, 6.45) is -8.48. The Hall–Kier alpha value is -2.17. The highest BCUT2D eigenvalue weighted by Gasteiger charge is 2.34. The van der Waals surface area contributed by atoms with Crippen LogP contribution in [0.25, 0.3) is 0 Å². The van der Waals surface area contributed by atoms with Crippen LogP contribution in [0.2, 0.25) is 0 Å². The number of alkyl halides is 6. The van der Waals surface area contributed by atoms with E-state index >= 15 is 0 Å². The largest absolute Gasteiger partial charge is 0.573 e. The molecule has 0 aliphatic carbocycles. The van der Waals surface area contributed by atoms with Crippen molar-refractivity contribution >= 4 is 5.96 Å². The first kappa shape index (κ1) is 20.1. The third-order valence-electron chi connectivity index (χ3n) is 3.62. The number of nitrogens with two attached hydrogens (primary N) is 1. The standard InChI is InChI=1S/C15H18F6N4O/c16-14(17,18)9-25-6-5-11(8-25)24-13(22)23-7-10-1-3-12(4-2-10)26-15(19,20)21/h1-4,11H,5-9H2,(H3,22,23,24). The average molecular weight is 384 g/mol. The summed E-state index contributed by atoms with van der Waals surface area (Å²) in [6, 6.07) is 4.92. The van der Waals surface area contributed by atoms with Gasteiger partial charge in [-0.1, -0.05) is 12.1 Å². The minimum absolute atomic E-state index is 0.0690. The molecule has 1 aliphatic heterocycles. The normalized spacial score (nSPS) is 19.6. The van der Waals surface area contributed by atoms with Crippen LogP contribution < -0.4 is 15.8 Å². The number of halogens is 6. The summed E-state index contributed by atoms with van der Waals surface area (Å²) in [7, 11) is 0. The van der Waals surface area contributed by atoms with E-state index in [-0.39, 0.29) is 30.8 Å². The van der Waals surface area contributed by atoms with Gasteiger partial charge in [0.25, 0.3) is 0 Å². The molecule has 1 unspecified atom stereocenters. The van der Waals surface area contributed by atoms with E-state index in [1.54, 1.807) is 0 Å². The number of hydrogen-bond acceptors (Lipinski definition) is 3. The molecule has 26 heavy (non-hydrogen) atoms. The smallest absolute Gasteiger partial charge is 0.406 e. The van der Waals surface area contributed by atoms with E-state index in [1.807, 2.05) is 0 Å². The monoisotopic (exact) mass is 384 g/mol. The topological polar surface area (TPSA) is 62.9 Å². The number of nitrogens with zero attached hydrogens (tertiary/aromatic N) is 2. The quantitative estimate of drug-likeness (QED) is 0.466. The fraction of sp³-hybridized carbons (Fsp3) is 0.533. The molecule has 1 atom stereocenters. The van der Waals surface area contributed by atoms with Crippen molar-refractivity contribution in [3.8, 4) is 5.75 Å². The van der Waals surface area contributed by atoms with Gasteiger partial charge in [-0.25, -0.2) is 4.99 Å². The second-order valence-corrected chi connectivity index (χ2v) is 5.87. The van der Waals surface area contributed by atoms with Crippen molar-refractivity contribution in [1.82, 2.24) is 10.2 Å². The molecule has 1 fully saturated rings. The number of nitrogens with one attached hydrogen (secondary N) is 1. The van der Waals surface area contributed by atoms with Crippen molar-refractivity contribution in [3.63, 3.8) is 0 Å². The predicted octanol–water partition coefficient (Wildman–Crippen LogP) is 2.63. The number of aliphatic imine (C=N–C) groups is 1. The average Bonchev–Trinajstić information content (AvgIpc) is 2.90. The van der Waals surface area contributed by atoms with Crippen LogP contribution in [-0.2, 0) is 6.54 Å². The zero-order valence-corrected chi connectivity index (χ0v) is 13.6. The molecule has 0 saturated carbocycles. The van der Waals surface area contributed by atoms with Crippen molar-refractivity contribution in [2.24, 2.45) is 10.7 Å². The molecule has 1 saturated heterocycles. The van der Waals surface area contributed by atoms with Crippen LogP contribution in [0.1, 0.15) is 12.0 Å². The minimum Gasteiger partial charge on any atom is -0.406 e. The number of guanidine groups is 1. The second kappa shape index (κ2) is 8.02. The fourth-order valence-electron chi connectivity index (χ4n) is 2.58. The Balaban J connectivity index is 1.80. The SMILES string of the molecule is NC(=NCc1ccc(OC(F)(F)F)cc1)NC1CCN(CC(F)(F)F)C1. The maximum atomic E-state index is 12.3. The van der Waals surface area contributed by atoms with E-state index in [9.17, 15) is 26.3 Å². The van der Waals surface area contributed by atoms with Crippen LogP contribution in [0, 0.1) is 0 Å². The van der Waals surface area contributed by atoms with Crippen molar-refractivity contribution in [3.05, 3.63) is 29.8 Å². The van der Waals surface area contributed by atoms with Crippen LogP contribution >= 0.6 is 0 Å². The molecule has 5 nitrogen and oxygen atoms in total. The van der Waals surface area contributed by atoms with Crippen LogP contribution in [0.3, 0.4) is 0 Å². The lowest BCUT2D eigenvalue weighted by Crippen LogP contribution is -2.42. The van der Waals surface area contributed by atoms with E-state index in [0.29, 0.717) is 18.5 Å². The van der Waals surface area contributed by atoms with Crippen molar-refractivity contribution in [2.75, 3.05) is 19.6 Å². The minimum atomic E-state index is -4.75. The molecule has 0 bridgehead atoms. The van der Waals surface area contributed by atoms with Gasteiger partial charge in [0.05, 0.1) is 13.1 Å². The van der Waals surface area contributed by atoms with Crippen molar-refractivity contribution in [2.45, 2.75) is 31.5 Å². The molecule has 2 rings (SSSR count). The summed E-state index contributed by atoms with van der Waals surface area (Å²) in [5.41, 5.74) is 6.32. The van der Waals surface area contributed by atoms with E-state index in [1.165, 1.54) is 17.0 Å². The zero-order valence-electron chi connectivity index (χ0n) is 13.6. The Morgan fingerprint density at radius 1 is 1.19 bits per heavy atom. The molecule has 0 radical (unpaired) electrons. The number of ether oxygens (including phenoxy) is 1. The lowest BCUT2D eigenvalue weighted by molar-refractivity contribution is -0.274. The van der Waals surface area contributed by atoms with Crippen LogP contribution in [0.5, 0.6) is 5.75 Å². The molecule has 0 amide bonds. The summed E-state index contributed by atoms with van der Waals surface area (Å²) >= 11 is 0. The Bertz CT molecular complexity index is 614. The maximum Gasteiger partial charge on any atom is 0.573 e. The Morgan fingerprint density at radius 2 is 1.85 bits per heavy atom. The highest BCUT2D eigenvalue weighted by atomic mass is 19.4. The van der Waals surface area contributed by atoms with Gasteiger partial charge in [0, 0.05) is 19.1 Å². The van der Waals surface area contributed by atoms with Crippen LogP contribution in [0.4, 0.5) is 26.3 Å². The number of benzene rings is 1. The third-order valence-corrected chi connectivity index (χ3v) is 3.62. The predicted molar refractivity (Wildman–Crippen MR) is 82.5 cm³/mol. The molecule has 146 valence electrons. The molecule has 1 aliphatic rings. The highest BCUT2D eigenvalue weighted by Crippen LogP contribution is 2.23. The second-order valence-electron chi connectivity index (χ2n) is 5.87. The van der Waals surface area contributed by atoms with Gasteiger partial charge < -0.3 is 15.8 Å². The summed E-state index contributed by atoms with van der Waals surface area (Å²) < 4.78 is 77.0.